The van der Waals surface area contributed by atoms with E-state index in [2.05, 4.69) is 11.9 Å². The van der Waals surface area contributed by atoms with E-state index >= 15 is 0 Å². The third-order valence-corrected chi connectivity index (χ3v) is 7.10. The van der Waals surface area contributed by atoms with Crippen molar-refractivity contribution in [3.8, 4) is 5.75 Å². The van der Waals surface area contributed by atoms with Crippen LogP contribution >= 0.6 is 0 Å². The molecule has 0 spiro atoms. The summed E-state index contributed by atoms with van der Waals surface area (Å²) in [6.45, 7) is 2.07. The lowest BCUT2D eigenvalue weighted by molar-refractivity contribution is -0.129. The SMILES string of the molecule is CCC1CC2C(=O)C(c3nc4ccccc4n3C)=COC2CC1OC(=O)c1ccc(OC)cc1. The molecule has 3 aromatic rings. The second-order valence-electron chi connectivity index (χ2n) is 8.97. The molecule has 2 aliphatic rings. The number of esters is 1. The van der Waals surface area contributed by atoms with E-state index in [0.29, 0.717) is 35.6 Å². The Bertz CT molecular complexity index is 1260. The number of carbonyl (C=O) groups excluding carboxylic acids is 2. The van der Waals surface area contributed by atoms with Gasteiger partial charge in [-0.1, -0.05) is 19.1 Å². The van der Waals surface area contributed by atoms with Crippen molar-refractivity contribution in [3.05, 3.63) is 66.2 Å². The predicted octanol–water partition coefficient (Wildman–Crippen LogP) is 4.55. The van der Waals surface area contributed by atoms with Crippen molar-refractivity contribution in [2.75, 3.05) is 7.11 Å². The number of aryl methyl sites for hydroxylation is 1. The minimum absolute atomic E-state index is 0.0491. The smallest absolute Gasteiger partial charge is 0.338 e. The molecule has 1 saturated carbocycles. The molecule has 1 aromatic heterocycles. The minimum atomic E-state index is -0.373. The summed E-state index contributed by atoms with van der Waals surface area (Å²) in [6, 6.07) is 14.7. The fraction of sp³-hybridized carbons (Fsp3) is 0.370. The molecule has 1 aliphatic carbocycles. The molecule has 2 aromatic carbocycles. The highest BCUT2D eigenvalue weighted by Gasteiger charge is 2.46. The Labute approximate surface area is 198 Å². The van der Waals surface area contributed by atoms with Crippen LogP contribution in [0.25, 0.3) is 16.6 Å². The van der Waals surface area contributed by atoms with Gasteiger partial charge < -0.3 is 18.8 Å². The summed E-state index contributed by atoms with van der Waals surface area (Å²) in [6.07, 6.45) is 2.83. The van der Waals surface area contributed by atoms with Crippen molar-refractivity contribution in [3.63, 3.8) is 0 Å². The van der Waals surface area contributed by atoms with Crippen LogP contribution in [0.1, 0.15) is 42.4 Å². The molecule has 7 nitrogen and oxygen atoms in total. The van der Waals surface area contributed by atoms with Gasteiger partial charge in [-0.15, -0.1) is 0 Å². The van der Waals surface area contributed by atoms with Gasteiger partial charge in [0.05, 0.1) is 41.5 Å². The van der Waals surface area contributed by atoms with Crippen LogP contribution in [-0.2, 0) is 21.3 Å². The number of methoxy groups -OCH3 is 1. The first-order chi connectivity index (χ1) is 16.5. The molecule has 0 saturated heterocycles. The summed E-state index contributed by atoms with van der Waals surface area (Å²) in [5.74, 6) is 0.777. The van der Waals surface area contributed by atoms with E-state index in [4.69, 9.17) is 14.2 Å². The third-order valence-electron chi connectivity index (χ3n) is 7.10. The van der Waals surface area contributed by atoms with E-state index in [0.717, 1.165) is 17.5 Å². The van der Waals surface area contributed by atoms with E-state index < -0.39 is 0 Å². The molecule has 0 amide bonds. The number of para-hydroxylation sites is 2. The summed E-state index contributed by atoms with van der Waals surface area (Å²) in [5, 5.41) is 0. The Morgan fingerprint density at radius 1 is 1.15 bits per heavy atom. The van der Waals surface area contributed by atoms with E-state index in [1.165, 1.54) is 0 Å². The normalized spacial score (nSPS) is 24.2. The average molecular weight is 461 g/mol. The molecule has 7 heteroatoms. The van der Waals surface area contributed by atoms with Crippen molar-refractivity contribution < 1.29 is 23.8 Å². The number of ketones is 1. The highest BCUT2D eigenvalue weighted by molar-refractivity contribution is 6.21. The number of rotatable bonds is 5. The first-order valence-corrected chi connectivity index (χ1v) is 11.7. The van der Waals surface area contributed by atoms with E-state index in [1.54, 1.807) is 37.6 Å². The van der Waals surface area contributed by atoms with Crippen LogP contribution in [0.4, 0.5) is 0 Å². The van der Waals surface area contributed by atoms with Crippen molar-refractivity contribution >= 4 is 28.4 Å². The lowest BCUT2D eigenvalue weighted by Crippen LogP contribution is -2.46. The number of aromatic nitrogens is 2. The second kappa shape index (κ2) is 8.97. The summed E-state index contributed by atoms with van der Waals surface area (Å²) < 4.78 is 19.1. The first-order valence-electron chi connectivity index (χ1n) is 11.7. The van der Waals surface area contributed by atoms with Crippen molar-refractivity contribution in [1.29, 1.82) is 0 Å². The van der Waals surface area contributed by atoms with E-state index in [-0.39, 0.29) is 35.8 Å². The van der Waals surface area contributed by atoms with Crippen LogP contribution in [0.5, 0.6) is 5.75 Å². The first kappa shape index (κ1) is 22.2. The Morgan fingerprint density at radius 2 is 1.91 bits per heavy atom. The average Bonchev–Trinajstić information content (AvgIpc) is 3.20. The van der Waals surface area contributed by atoms with Gasteiger partial charge in [-0.3, -0.25) is 4.79 Å². The van der Waals surface area contributed by atoms with Gasteiger partial charge in [-0.05, 0) is 55.2 Å². The van der Waals surface area contributed by atoms with Crippen LogP contribution in [0.2, 0.25) is 0 Å². The number of imidazole rings is 1. The van der Waals surface area contributed by atoms with Gasteiger partial charge >= 0.3 is 5.97 Å². The number of fused-ring (bicyclic) bond motifs is 2. The summed E-state index contributed by atoms with van der Waals surface area (Å²) >= 11 is 0. The summed E-state index contributed by atoms with van der Waals surface area (Å²) in [5.41, 5.74) is 2.79. The fourth-order valence-corrected chi connectivity index (χ4v) is 5.11. The van der Waals surface area contributed by atoms with Crippen LogP contribution < -0.4 is 4.74 Å². The molecular formula is C27H28N2O5. The highest BCUT2D eigenvalue weighted by Crippen LogP contribution is 2.41. The minimum Gasteiger partial charge on any atom is -0.497 e. The van der Waals surface area contributed by atoms with Crippen LogP contribution in [0.15, 0.2) is 54.8 Å². The Morgan fingerprint density at radius 3 is 2.62 bits per heavy atom. The zero-order valence-corrected chi connectivity index (χ0v) is 19.6. The van der Waals surface area contributed by atoms with Gasteiger partial charge in [0.25, 0.3) is 0 Å². The molecule has 0 bridgehead atoms. The third kappa shape index (κ3) is 3.85. The number of hydrogen-bond acceptors (Lipinski definition) is 6. The number of allylic oxidation sites excluding steroid dienone is 1. The summed E-state index contributed by atoms with van der Waals surface area (Å²) in [7, 11) is 3.49. The van der Waals surface area contributed by atoms with Crippen molar-refractivity contribution in [2.45, 2.75) is 38.4 Å². The molecule has 5 rings (SSSR count). The number of Topliss-reactive ketones (excluding diaryl/α,β-unsaturated/α-hetero) is 1. The number of nitrogens with zero attached hydrogens (tertiary/aromatic N) is 2. The lowest BCUT2D eigenvalue weighted by Gasteiger charge is -2.41. The summed E-state index contributed by atoms with van der Waals surface area (Å²) in [4.78, 5) is 31.0. The number of hydrogen-bond donors (Lipinski definition) is 0. The molecule has 0 radical (unpaired) electrons. The Kier molecular flexibility index (Phi) is 5.86. The maximum absolute atomic E-state index is 13.5. The standard InChI is InChI=1S/C27H28N2O5/c1-4-16-13-19-24(14-23(16)34-27(31)17-9-11-18(32-3)12-10-17)33-15-20(25(19)30)26-28-21-7-5-6-8-22(21)29(26)2/h5-12,15-16,19,23-24H,4,13-14H2,1-3H3. The second-order valence-corrected chi connectivity index (χ2v) is 8.97. The van der Waals surface area contributed by atoms with Crippen LogP contribution in [0.3, 0.4) is 0 Å². The largest absolute Gasteiger partial charge is 0.497 e. The number of carbonyl (C=O) groups is 2. The van der Waals surface area contributed by atoms with Crippen molar-refractivity contribution in [2.24, 2.45) is 18.9 Å². The van der Waals surface area contributed by atoms with Gasteiger partial charge in [0.1, 0.15) is 23.8 Å². The monoisotopic (exact) mass is 460 g/mol. The maximum atomic E-state index is 13.5. The Hall–Kier alpha value is -3.61. The zero-order valence-electron chi connectivity index (χ0n) is 19.6. The quantitative estimate of drug-likeness (QED) is 0.520. The van der Waals surface area contributed by atoms with Gasteiger partial charge in [0, 0.05) is 13.5 Å². The van der Waals surface area contributed by atoms with Crippen LogP contribution in [0, 0.1) is 11.8 Å². The van der Waals surface area contributed by atoms with Gasteiger partial charge in [0.15, 0.2) is 5.78 Å². The molecule has 176 valence electrons. The highest BCUT2D eigenvalue weighted by atomic mass is 16.5. The lowest BCUT2D eigenvalue weighted by atomic mass is 9.72. The van der Waals surface area contributed by atoms with Gasteiger partial charge in [-0.25, -0.2) is 9.78 Å². The molecule has 1 fully saturated rings. The van der Waals surface area contributed by atoms with E-state index in [1.807, 2.05) is 35.9 Å². The molecular weight excluding hydrogens is 432 g/mol. The topological polar surface area (TPSA) is 79.7 Å². The van der Waals surface area contributed by atoms with Crippen LogP contribution in [-0.4, -0.2) is 40.6 Å². The molecule has 4 unspecified atom stereocenters. The molecule has 34 heavy (non-hydrogen) atoms. The zero-order chi connectivity index (χ0) is 23.8. The molecule has 1 aliphatic heterocycles. The number of ether oxygens (including phenoxy) is 3. The number of benzene rings is 2. The molecule has 4 atom stereocenters. The van der Waals surface area contributed by atoms with Gasteiger partial charge in [0.2, 0.25) is 0 Å². The predicted molar refractivity (Wildman–Crippen MR) is 127 cm³/mol. The fourth-order valence-electron chi connectivity index (χ4n) is 5.11. The molecule has 0 N–H and O–H groups in total. The maximum Gasteiger partial charge on any atom is 0.338 e. The van der Waals surface area contributed by atoms with Gasteiger partial charge in [-0.2, -0.15) is 0 Å². The van der Waals surface area contributed by atoms with E-state index in [9.17, 15) is 9.59 Å². The van der Waals surface area contributed by atoms with Crippen molar-refractivity contribution in [1.82, 2.24) is 9.55 Å². The Balaban J connectivity index is 1.35. The molecule has 2 heterocycles.